The van der Waals surface area contributed by atoms with Gasteiger partial charge in [0.05, 0.1) is 23.1 Å². The van der Waals surface area contributed by atoms with E-state index in [1.54, 1.807) is 12.1 Å². The van der Waals surface area contributed by atoms with Gasteiger partial charge < -0.3 is 14.8 Å². The zero-order chi connectivity index (χ0) is 24.2. The second-order valence-corrected chi connectivity index (χ2v) is 9.53. The fraction of sp³-hybridized carbons (Fsp3) is 0.308. The maximum Gasteiger partial charge on any atom is 0.264 e. The number of ketones is 1. The molecule has 8 nitrogen and oxygen atoms in total. The standard InChI is InChI=1S/C26H25N3O5S/c30-21-13-17(25(32)27-14-22-19-9-5-4-6-16(19)10-11-33-22)12-20-24(21)35-26(28-20)29-23(31)15-34-18-7-2-1-3-8-18/h1-9,17,22H,10-15H2,(H,27,32)(H,28,29,31)/t17-,22-/m1/s1. The van der Waals surface area contributed by atoms with Crippen LogP contribution in [0.25, 0.3) is 0 Å². The molecular formula is C26H25N3O5S. The lowest BCUT2D eigenvalue weighted by Crippen LogP contribution is -2.38. The van der Waals surface area contributed by atoms with Crippen LogP contribution in [0.5, 0.6) is 5.75 Å². The highest BCUT2D eigenvalue weighted by Gasteiger charge is 2.33. The van der Waals surface area contributed by atoms with Gasteiger partial charge in [0.15, 0.2) is 17.5 Å². The molecule has 0 spiro atoms. The summed E-state index contributed by atoms with van der Waals surface area (Å²) in [5.74, 6) is -0.600. The molecule has 1 aliphatic heterocycles. The minimum Gasteiger partial charge on any atom is -0.484 e. The van der Waals surface area contributed by atoms with Crippen molar-refractivity contribution in [3.63, 3.8) is 0 Å². The summed E-state index contributed by atoms with van der Waals surface area (Å²) in [5, 5.41) is 5.98. The molecule has 2 heterocycles. The number of aromatic nitrogens is 1. The average Bonchev–Trinajstić information content (AvgIpc) is 3.29. The van der Waals surface area contributed by atoms with Crippen LogP contribution in [-0.4, -0.2) is 42.3 Å². The van der Waals surface area contributed by atoms with Crippen molar-refractivity contribution in [3.05, 3.63) is 76.3 Å². The van der Waals surface area contributed by atoms with E-state index in [0.717, 1.165) is 23.3 Å². The van der Waals surface area contributed by atoms with Gasteiger partial charge >= 0.3 is 0 Å². The number of ether oxygens (including phenoxy) is 2. The van der Waals surface area contributed by atoms with Crippen molar-refractivity contribution in [2.24, 2.45) is 5.92 Å². The number of nitrogens with one attached hydrogen (secondary N) is 2. The summed E-state index contributed by atoms with van der Waals surface area (Å²) >= 11 is 1.14. The topological polar surface area (TPSA) is 107 Å². The number of para-hydroxylation sites is 1. The largest absolute Gasteiger partial charge is 0.484 e. The van der Waals surface area contributed by atoms with E-state index >= 15 is 0 Å². The zero-order valence-electron chi connectivity index (χ0n) is 19.0. The van der Waals surface area contributed by atoms with Gasteiger partial charge in [-0.3, -0.25) is 19.7 Å². The third-order valence-electron chi connectivity index (χ3n) is 6.11. The Kier molecular flexibility index (Phi) is 6.87. The molecule has 2 aromatic carbocycles. The van der Waals surface area contributed by atoms with Gasteiger partial charge in [0.2, 0.25) is 5.91 Å². The molecule has 9 heteroatoms. The molecule has 35 heavy (non-hydrogen) atoms. The van der Waals surface area contributed by atoms with Gasteiger partial charge in [-0.25, -0.2) is 4.98 Å². The number of amides is 2. The average molecular weight is 492 g/mol. The fourth-order valence-corrected chi connectivity index (χ4v) is 5.33. The molecular weight excluding hydrogens is 466 g/mol. The number of carbonyl (C=O) groups excluding carboxylic acids is 3. The maximum atomic E-state index is 12.9. The van der Waals surface area contributed by atoms with Crippen molar-refractivity contribution in [2.75, 3.05) is 25.1 Å². The summed E-state index contributed by atoms with van der Waals surface area (Å²) < 4.78 is 11.3. The van der Waals surface area contributed by atoms with Crippen LogP contribution in [0.2, 0.25) is 0 Å². The number of thiazole rings is 1. The van der Waals surface area contributed by atoms with Gasteiger partial charge in [-0.05, 0) is 29.7 Å². The minimum absolute atomic E-state index is 0.119. The first kappa shape index (κ1) is 23.2. The van der Waals surface area contributed by atoms with Crippen molar-refractivity contribution in [1.82, 2.24) is 10.3 Å². The summed E-state index contributed by atoms with van der Waals surface area (Å²) in [4.78, 5) is 42.7. The lowest BCUT2D eigenvalue weighted by molar-refractivity contribution is -0.125. The van der Waals surface area contributed by atoms with Gasteiger partial charge in [0.25, 0.3) is 5.91 Å². The molecule has 2 atom stereocenters. The second kappa shape index (κ2) is 10.4. The van der Waals surface area contributed by atoms with Gasteiger partial charge in [0.1, 0.15) is 11.9 Å². The number of benzene rings is 2. The van der Waals surface area contributed by atoms with Crippen LogP contribution in [0.3, 0.4) is 0 Å². The van der Waals surface area contributed by atoms with E-state index in [1.165, 1.54) is 5.56 Å². The van der Waals surface area contributed by atoms with Gasteiger partial charge in [-0.1, -0.05) is 53.8 Å². The highest BCUT2D eigenvalue weighted by molar-refractivity contribution is 7.17. The predicted molar refractivity (Wildman–Crippen MR) is 131 cm³/mol. The normalized spacial score (nSPS) is 18.8. The molecule has 0 saturated heterocycles. The smallest absolute Gasteiger partial charge is 0.264 e. The monoisotopic (exact) mass is 491 g/mol. The summed E-state index contributed by atoms with van der Waals surface area (Å²) in [6, 6.07) is 17.1. The number of rotatable bonds is 7. The molecule has 1 aromatic heterocycles. The number of nitrogens with zero attached hydrogens (tertiary/aromatic N) is 1. The molecule has 1 aliphatic carbocycles. The van der Waals surface area contributed by atoms with Crippen LogP contribution < -0.4 is 15.4 Å². The third-order valence-corrected chi connectivity index (χ3v) is 7.16. The van der Waals surface area contributed by atoms with Crippen LogP contribution in [0.4, 0.5) is 5.13 Å². The first-order valence-electron chi connectivity index (χ1n) is 11.5. The van der Waals surface area contributed by atoms with Crippen molar-refractivity contribution in [2.45, 2.75) is 25.4 Å². The van der Waals surface area contributed by atoms with Gasteiger partial charge in [-0.2, -0.15) is 0 Å². The SMILES string of the molecule is O=C(COc1ccccc1)Nc1nc2c(s1)C(=O)C[C@H](C(=O)NC[C@H]1OCCc3ccccc31)C2. The lowest BCUT2D eigenvalue weighted by atomic mass is 9.89. The number of hydrogen-bond acceptors (Lipinski definition) is 7. The summed E-state index contributed by atoms with van der Waals surface area (Å²) in [6.45, 7) is 0.805. The molecule has 0 unspecified atom stereocenters. The highest BCUT2D eigenvalue weighted by Crippen LogP contribution is 2.33. The minimum atomic E-state index is -0.499. The molecule has 2 aliphatic rings. The van der Waals surface area contributed by atoms with Crippen LogP contribution in [-0.2, 0) is 27.2 Å². The molecule has 0 fully saturated rings. The molecule has 0 bridgehead atoms. The molecule has 0 radical (unpaired) electrons. The van der Waals surface area contributed by atoms with E-state index in [9.17, 15) is 14.4 Å². The predicted octanol–water partition coefficient (Wildman–Crippen LogP) is 3.34. The molecule has 3 aromatic rings. The first-order chi connectivity index (χ1) is 17.1. The summed E-state index contributed by atoms with van der Waals surface area (Å²) in [5.41, 5.74) is 2.88. The Bertz CT molecular complexity index is 1240. The number of anilines is 1. The Labute approximate surface area is 206 Å². The van der Waals surface area contributed by atoms with Crippen molar-refractivity contribution < 1.29 is 23.9 Å². The van der Waals surface area contributed by atoms with Crippen molar-refractivity contribution in [3.8, 4) is 5.75 Å². The highest BCUT2D eigenvalue weighted by atomic mass is 32.1. The van der Waals surface area contributed by atoms with Crippen LogP contribution >= 0.6 is 11.3 Å². The summed E-state index contributed by atoms with van der Waals surface area (Å²) in [7, 11) is 0. The Balaban J connectivity index is 1.16. The fourth-order valence-electron chi connectivity index (χ4n) is 4.37. The van der Waals surface area contributed by atoms with Crippen molar-refractivity contribution >= 4 is 34.1 Å². The van der Waals surface area contributed by atoms with Crippen LogP contribution in [0.15, 0.2) is 54.6 Å². The first-order valence-corrected chi connectivity index (χ1v) is 12.4. The Morgan fingerprint density at radius 2 is 1.89 bits per heavy atom. The Morgan fingerprint density at radius 3 is 2.74 bits per heavy atom. The van der Waals surface area contributed by atoms with E-state index < -0.39 is 5.92 Å². The Morgan fingerprint density at radius 1 is 1.09 bits per heavy atom. The molecule has 5 rings (SSSR count). The number of carbonyl (C=O) groups is 3. The van der Waals surface area contributed by atoms with E-state index in [0.29, 0.717) is 41.0 Å². The quantitative estimate of drug-likeness (QED) is 0.525. The molecule has 0 saturated carbocycles. The van der Waals surface area contributed by atoms with E-state index in [2.05, 4.69) is 21.7 Å². The second-order valence-electron chi connectivity index (χ2n) is 8.53. The Hall–Kier alpha value is -3.56. The molecule has 180 valence electrons. The zero-order valence-corrected chi connectivity index (χ0v) is 19.8. The van der Waals surface area contributed by atoms with E-state index in [4.69, 9.17) is 9.47 Å². The lowest BCUT2D eigenvalue weighted by Gasteiger charge is -2.27. The van der Waals surface area contributed by atoms with E-state index in [1.807, 2.05) is 36.4 Å². The number of fused-ring (bicyclic) bond motifs is 2. The summed E-state index contributed by atoms with van der Waals surface area (Å²) in [6.07, 6.45) is 1.13. The van der Waals surface area contributed by atoms with Crippen LogP contribution in [0.1, 0.15) is 39.0 Å². The molecule has 2 amide bonds. The van der Waals surface area contributed by atoms with Gasteiger partial charge in [0, 0.05) is 19.4 Å². The van der Waals surface area contributed by atoms with Crippen LogP contribution in [0, 0.1) is 5.92 Å². The third kappa shape index (κ3) is 5.41. The van der Waals surface area contributed by atoms with Gasteiger partial charge in [-0.15, -0.1) is 0 Å². The van der Waals surface area contributed by atoms with Crippen molar-refractivity contribution in [1.29, 1.82) is 0 Å². The maximum absolute atomic E-state index is 12.9. The van der Waals surface area contributed by atoms with E-state index in [-0.39, 0.29) is 36.7 Å². The number of Topliss-reactive ketones (excluding diaryl/α,β-unsaturated/α-hetero) is 1. The molecule has 2 N–H and O–H groups in total. The number of hydrogen-bond donors (Lipinski definition) is 2.